The van der Waals surface area contributed by atoms with E-state index in [1.807, 2.05) is 6.07 Å². The van der Waals surface area contributed by atoms with Crippen LogP contribution in [0.4, 0.5) is 10.5 Å². The van der Waals surface area contributed by atoms with Crippen LogP contribution in [0.25, 0.3) is 0 Å². The number of allylic oxidation sites excluding steroid dienone is 1. The number of halogens is 1. The van der Waals surface area contributed by atoms with Gasteiger partial charge in [-0.25, -0.2) is 10.3 Å². The minimum absolute atomic E-state index is 0.0495. The van der Waals surface area contributed by atoms with Crippen LogP contribution in [-0.4, -0.2) is 35.0 Å². The van der Waals surface area contributed by atoms with Crippen molar-refractivity contribution < 1.29 is 29.4 Å². The van der Waals surface area contributed by atoms with Crippen molar-refractivity contribution in [1.82, 2.24) is 5.48 Å². The minimum Gasteiger partial charge on any atom is -0.508 e. The van der Waals surface area contributed by atoms with Gasteiger partial charge in [0.05, 0.1) is 17.7 Å². The van der Waals surface area contributed by atoms with Crippen molar-refractivity contribution in [2.24, 2.45) is 0 Å². The number of hydrogen-bond donors (Lipinski definition) is 4. The van der Waals surface area contributed by atoms with Gasteiger partial charge in [0.15, 0.2) is 6.10 Å². The smallest absolute Gasteiger partial charge is 0.412 e. The van der Waals surface area contributed by atoms with E-state index in [1.165, 1.54) is 17.6 Å². The number of phenols is 1. The Bertz CT molecular complexity index is 1020. The molecule has 33 heavy (non-hydrogen) atoms. The zero-order valence-corrected chi connectivity index (χ0v) is 20.0. The Kier molecular flexibility index (Phi) is 10.6. The zero-order valence-electron chi connectivity index (χ0n) is 17.8. The molecule has 0 saturated carbocycles. The predicted octanol–water partition coefficient (Wildman–Crippen LogP) is 4.41. The number of aromatic hydroxyl groups is 1. The molecule has 174 valence electrons. The molecule has 0 radical (unpaired) electrons. The Labute approximate surface area is 205 Å². The van der Waals surface area contributed by atoms with Gasteiger partial charge in [0.2, 0.25) is 0 Å². The van der Waals surface area contributed by atoms with Gasteiger partial charge in [-0.1, -0.05) is 6.08 Å². The quantitative estimate of drug-likeness (QED) is 0.145. The second-order valence-corrected chi connectivity index (χ2v) is 8.04. The summed E-state index contributed by atoms with van der Waals surface area (Å²) in [7, 11) is 0. The van der Waals surface area contributed by atoms with Crippen LogP contribution in [0.1, 0.15) is 37.0 Å². The van der Waals surface area contributed by atoms with Crippen molar-refractivity contribution in [3.05, 3.63) is 69.3 Å². The molecule has 2 aromatic rings. The lowest BCUT2D eigenvalue weighted by Gasteiger charge is -2.28. The molecule has 2 aromatic carbocycles. The Morgan fingerprint density at radius 2 is 1.97 bits per heavy atom. The topological polar surface area (TPSA) is 141 Å². The number of anilines is 1. The molecule has 10 heteroatoms. The SMILES string of the molecule is CCO[C@@H](CC/C=C/C(=O)NO)[C@@H](OC(=O)Nc1ccc(C#N)cc1)c1cc(I)ccc1O. The lowest BCUT2D eigenvalue weighted by Crippen LogP contribution is -2.29. The third-order valence-electron chi connectivity index (χ3n) is 4.51. The number of rotatable bonds is 10. The van der Waals surface area contributed by atoms with E-state index in [1.54, 1.807) is 49.4 Å². The average Bonchev–Trinajstić information content (AvgIpc) is 2.81. The fourth-order valence-corrected chi connectivity index (χ4v) is 3.52. The summed E-state index contributed by atoms with van der Waals surface area (Å²) >= 11 is 2.09. The van der Waals surface area contributed by atoms with Crippen molar-refractivity contribution in [2.75, 3.05) is 11.9 Å². The van der Waals surface area contributed by atoms with Crippen molar-refractivity contribution in [3.63, 3.8) is 0 Å². The normalized spacial score (nSPS) is 12.5. The summed E-state index contributed by atoms with van der Waals surface area (Å²) in [5.74, 6) is -0.709. The molecule has 0 spiro atoms. The van der Waals surface area contributed by atoms with Crippen LogP contribution in [0, 0.1) is 14.9 Å². The molecule has 0 aromatic heterocycles. The predicted molar refractivity (Wildman–Crippen MR) is 129 cm³/mol. The number of hydrogen-bond acceptors (Lipinski definition) is 7. The Morgan fingerprint density at radius 3 is 2.61 bits per heavy atom. The van der Waals surface area contributed by atoms with Gasteiger partial charge >= 0.3 is 6.09 Å². The fourth-order valence-electron chi connectivity index (χ4n) is 3.01. The van der Waals surface area contributed by atoms with Gasteiger partial charge < -0.3 is 14.6 Å². The number of phenolic OH excluding ortho intramolecular Hbond substituents is 1. The maximum absolute atomic E-state index is 12.7. The van der Waals surface area contributed by atoms with Crippen LogP contribution in [0.2, 0.25) is 0 Å². The number of nitrogens with one attached hydrogen (secondary N) is 2. The van der Waals surface area contributed by atoms with Crippen molar-refractivity contribution in [2.45, 2.75) is 32.0 Å². The van der Waals surface area contributed by atoms with Crippen molar-refractivity contribution >= 4 is 40.3 Å². The molecule has 9 nitrogen and oxygen atoms in total. The second-order valence-electron chi connectivity index (χ2n) is 6.79. The number of carbonyl (C=O) groups is 2. The molecule has 2 amide bonds. The summed E-state index contributed by atoms with van der Waals surface area (Å²) in [5, 5.41) is 30.6. The van der Waals surface area contributed by atoms with E-state index in [4.69, 9.17) is 19.9 Å². The Balaban J connectivity index is 2.25. The molecule has 2 atom stereocenters. The highest BCUT2D eigenvalue weighted by atomic mass is 127. The third-order valence-corrected chi connectivity index (χ3v) is 5.18. The molecule has 0 aliphatic heterocycles. The molecule has 0 bridgehead atoms. The molecule has 0 heterocycles. The molecule has 4 N–H and O–H groups in total. The van der Waals surface area contributed by atoms with Gasteiger partial charge in [-0.05, 0) is 84.8 Å². The molecule has 0 saturated heterocycles. The van der Waals surface area contributed by atoms with Crippen molar-refractivity contribution in [3.8, 4) is 11.8 Å². The molecular weight excluding hydrogens is 541 g/mol. The summed E-state index contributed by atoms with van der Waals surface area (Å²) in [6, 6.07) is 13.2. The maximum atomic E-state index is 12.7. The lowest BCUT2D eigenvalue weighted by atomic mass is 9.99. The number of nitriles is 1. The van der Waals surface area contributed by atoms with E-state index >= 15 is 0 Å². The summed E-state index contributed by atoms with van der Waals surface area (Å²) < 4.78 is 12.4. The van der Waals surface area contributed by atoms with Gasteiger partial charge in [0.25, 0.3) is 5.91 Å². The van der Waals surface area contributed by atoms with Gasteiger partial charge in [-0.3, -0.25) is 15.3 Å². The van der Waals surface area contributed by atoms with Gasteiger partial charge in [0.1, 0.15) is 5.75 Å². The molecule has 0 fully saturated rings. The summed E-state index contributed by atoms with van der Waals surface area (Å²) in [6.07, 6.45) is 1.15. The number of hydroxylamine groups is 1. The molecule has 2 rings (SSSR count). The van der Waals surface area contributed by atoms with Gasteiger partial charge in [-0.2, -0.15) is 5.26 Å². The highest BCUT2D eigenvalue weighted by Crippen LogP contribution is 2.34. The Morgan fingerprint density at radius 1 is 1.24 bits per heavy atom. The molecular formula is C23H24IN3O6. The standard InChI is InChI=1S/C23H24IN3O6/c1-2-32-20(5-3-4-6-21(29)27-31)22(18-13-16(24)9-12-19(18)28)33-23(30)26-17-10-7-15(14-25)8-11-17/h4,6-13,20,22,28,31H,2-3,5H2,1H3,(H,26,30)(H,27,29)/b6-4+/t20-,22-/m0/s1. The molecule has 0 unspecified atom stereocenters. The van der Waals surface area contributed by atoms with Crippen LogP contribution >= 0.6 is 22.6 Å². The summed E-state index contributed by atoms with van der Waals surface area (Å²) in [4.78, 5) is 23.9. The first-order chi connectivity index (χ1) is 15.9. The monoisotopic (exact) mass is 565 g/mol. The number of benzene rings is 2. The second kappa shape index (κ2) is 13.4. The van der Waals surface area contributed by atoms with E-state index in [9.17, 15) is 14.7 Å². The number of carbonyl (C=O) groups excluding carboxylic acids is 2. The summed E-state index contributed by atoms with van der Waals surface area (Å²) in [6.45, 7) is 2.12. The van der Waals surface area contributed by atoms with Crippen LogP contribution in [-0.2, 0) is 14.3 Å². The largest absolute Gasteiger partial charge is 0.508 e. The van der Waals surface area contributed by atoms with E-state index in [-0.39, 0.29) is 5.75 Å². The van der Waals surface area contributed by atoms with Crippen LogP contribution < -0.4 is 10.8 Å². The van der Waals surface area contributed by atoms with Crippen LogP contribution in [0.3, 0.4) is 0 Å². The van der Waals surface area contributed by atoms with Crippen LogP contribution in [0.5, 0.6) is 5.75 Å². The average molecular weight is 565 g/mol. The zero-order chi connectivity index (χ0) is 24.2. The first-order valence-corrected chi connectivity index (χ1v) is 11.1. The maximum Gasteiger partial charge on any atom is 0.412 e. The third kappa shape index (κ3) is 8.38. The minimum atomic E-state index is -0.946. The molecule has 0 aliphatic carbocycles. The van der Waals surface area contributed by atoms with Gasteiger partial charge in [-0.15, -0.1) is 0 Å². The first kappa shape index (κ1) is 26.1. The lowest BCUT2D eigenvalue weighted by molar-refractivity contribution is -0.124. The fraction of sp³-hybridized carbons (Fsp3) is 0.261. The Hall–Kier alpha value is -3.14. The number of amides is 2. The highest BCUT2D eigenvalue weighted by molar-refractivity contribution is 14.1. The highest BCUT2D eigenvalue weighted by Gasteiger charge is 2.30. The van der Waals surface area contributed by atoms with Gasteiger partial charge in [0, 0.05) is 27.5 Å². The van der Waals surface area contributed by atoms with Crippen LogP contribution in [0.15, 0.2) is 54.6 Å². The van der Waals surface area contributed by atoms with E-state index in [2.05, 4.69) is 27.9 Å². The van der Waals surface area contributed by atoms with Crippen molar-refractivity contribution in [1.29, 1.82) is 5.26 Å². The van der Waals surface area contributed by atoms with E-state index in [0.717, 1.165) is 3.57 Å². The van der Waals surface area contributed by atoms with E-state index < -0.39 is 24.2 Å². The number of ether oxygens (including phenoxy) is 2. The first-order valence-electron chi connectivity index (χ1n) is 10.1. The van der Waals surface area contributed by atoms with E-state index in [0.29, 0.717) is 36.3 Å². The summed E-state index contributed by atoms with van der Waals surface area (Å²) in [5.41, 5.74) is 2.79. The molecule has 0 aliphatic rings. The number of nitrogens with zero attached hydrogens (tertiary/aromatic N) is 1.